The molecule has 0 radical (unpaired) electrons. The van der Waals surface area contributed by atoms with Gasteiger partial charge in [-0.2, -0.15) is 5.26 Å². The summed E-state index contributed by atoms with van der Waals surface area (Å²) in [7, 11) is 0. The highest BCUT2D eigenvalue weighted by Crippen LogP contribution is 2.16. The molecule has 1 saturated heterocycles. The Hall–Kier alpha value is -1.53. The lowest BCUT2D eigenvalue weighted by atomic mass is 10.2. The van der Waals surface area contributed by atoms with E-state index in [4.69, 9.17) is 10.00 Å². The average molecular weight is 230 g/mol. The van der Waals surface area contributed by atoms with Crippen molar-refractivity contribution >= 4 is 0 Å². The summed E-state index contributed by atoms with van der Waals surface area (Å²) in [5.41, 5.74) is 0.650. The maximum Gasteiger partial charge on any atom is 0.120 e. The largest absolute Gasteiger partial charge is 0.492 e. The maximum atomic E-state index is 8.78. The molecule has 1 atom stereocenters. The van der Waals surface area contributed by atoms with Crippen molar-refractivity contribution in [2.75, 3.05) is 19.7 Å². The van der Waals surface area contributed by atoms with Gasteiger partial charge in [-0.05, 0) is 44.5 Å². The summed E-state index contributed by atoms with van der Waals surface area (Å²) in [4.78, 5) is 2.45. The molecule has 1 aliphatic heterocycles. The Bertz CT molecular complexity index is 411. The number of hydrogen-bond acceptors (Lipinski definition) is 3. The fourth-order valence-electron chi connectivity index (χ4n) is 2.26. The molecule has 0 aromatic heterocycles. The lowest BCUT2D eigenvalue weighted by Gasteiger charge is -2.20. The molecule has 1 heterocycles. The van der Waals surface area contributed by atoms with E-state index in [0.717, 1.165) is 12.3 Å². The van der Waals surface area contributed by atoms with E-state index in [-0.39, 0.29) is 0 Å². The third-order valence-corrected chi connectivity index (χ3v) is 3.30. The molecule has 1 aliphatic rings. The van der Waals surface area contributed by atoms with Crippen LogP contribution < -0.4 is 4.74 Å². The standard InChI is InChI=1S/C14H18N2O/c1-12-4-3-7-16(12)8-9-17-14-6-2-5-13(10-14)11-15/h2,5-6,10,12H,3-4,7-9H2,1H3. The molecule has 0 spiro atoms. The number of nitrogens with zero attached hydrogens (tertiary/aromatic N) is 2. The van der Waals surface area contributed by atoms with Crippen LogP contribution in [0.1, 0.15) is 25.3 Å². The van der Waals surface area contributed by atoms with Crippen LogP contribution in [0.2, 0.25) is 0 Å². The molecule has 17 heavy (non-hydrogen) atoms. The van der Waals surface area contributed by atoms with Gasteiger partial charge in [0.2, 0.25) is 0 Å². The normalized spacial score (nSPS) is 20.1. The van der Waals surface area contributed by atoms with E-state index in [2.05, 4.69) is 17.9 Å². The van der Waals surface area contributed by atoms with Gasteiger partial charge in [0.1, 0.15) is 12.4 Å². The zero-order valence-corrected chi connectivity index (χ0v) is 10.2. The number of likely N-dealkylation sites (tertiary alicyclic amines) is 1. The molecule has 2 rings (SSSR count). The molecular weight excluding hydrogens is 212 g/mol. The Balaban J connectivity index is 1.80. The summed E-state index contributed by atoms with van der Waals surface area (Å²) in [5.74, 6) is 0.788. The van der Waals surface area contributed by atoms with E-state index in [9.17, 15) is 0 Å². The minimum Gasteiger partial charge on any atom is -0.492 e. The molecule has 90 valence electrons. The van der Waals surface area contributed by atoms with Gasteiger partial charge in [-0.3, -0.25) is 4.90 Å². The average Bonchev–Trinajstić information content (AvgIpc) is 2.76. The first-order valence-electron chi connectivity index (χ1n) is 6.16. The van der Waals surface area contributed by atoms with Gasteiger partial charge in [0.05, 0.1) is 11.6 Å². The Morgan fingerprint density at radius 1 is 1.53 bits per heavy atom. The van der Waals surface area contributed by atoms with Crippen molar-refractivity contribution in [2.45, 2.75) is 25.8 Å². The van der Waals surface area contributed by atoms with Crippen molar-refractivity contribution in [1.82, 2.24) is 4.90 Å². The van der Waals surface area contributed by atoms with E-state index in [0.29, 0.717) is 18.2 Å². The lowest BCUT2D eigenvalue weighted by Crippen LogP contribution is -2.31. The second-order valence-electron chi connectivity index (χ2n) is 4.52. The maximum absolute atomic E-state index is 8.78. The Kier molecular flexibility index (Phi) is 4.00. The summed E-state index contributed by atoms with van der Waals surface area (Å²) in [6.45, 7) is 5.11. The van der Waals surface area contributed by atoms with Gasteiger partial charge >= 0.3 is 0 Å². The second kappa shape index (κ2) is 5.70. The molecule has 0 saturated carbocycles. The molecule has 1 aromatic carbocycles. The van der Waals surface area contributed by atoms with E-state index in [1.165, 1.54) is 19.4 Å². The van der Waals surface area contributed by atoms with Gasteiger partial charge in [0.25, 0.3) is 0 Å². The summed E-state index contributed by atoms with van der Waals surface area (Å²) in [6, 6.07) is 10.1. The predicted molar refractivity (Wildman–Crippen MR) is 66.9 cm³/mol. The van der Waals surface area contributed by atoms with E-state index in [1.807, 2.05) is 12.1 Å². The van der Waals surface area contributed by atoms with Crippen LogP contribution in [0.3, 0.4) is 0 Å². The monoisotopic (exact) mass is 230 g/mol. The van der Waals surface area contributed by atoms with Crippen LogP contribution in [0.15, 0.2) is 24.3 Å². The number of rotatable bonds is 4. The van der Waals surface area contributed by atoms with E-state index in [1.54, 1.807) is 12.1 Å². The summed E-state index contributed by atoms with van der Waals surface area (Å²) in [6.07, 6.45) is 2.59. The van der Waals surface area contributed by atoms with Crippen LogP contribution in [0.5, 0.6) is 5.75 Å². The van der Waals surface area contributed by atoms with Crippen LogP contribution in [0, 0.1) is 11.3 Å². The summed E-state index contributed by atoms with van der Waals surface area (Å²) >= 11 is 0. The summed E-state index contributed by atoms with van der Waals surface area (Å²) in [5, 5.41) is 8.78. The van der Waals surface area contributed by atoms with Crippen LogP contribution in [0.4, 0.5) is 0 Å². The molecule has 3 nitrogen and oxygen atoms in total. The number of ether oxygens (including phenoxy) is 1. The minimum atomic E-state index is 0.650. The third kappa shape index (κ3) is 3.21. The van der Waals surface area contributed by atoms with Crippen LogP contribution in [-0.2, 0) is 0 Å². The molecule has 0 aliphatic carbocycles. The number of benzene rings is 1. The molecule has 0 bridgehead atoms. The van der Waals surface area contributed by atoms with Gasteiger partial charge in [-0.1, -0.05) is 6.07 Å². The molecule has 0 amide bonds. The van der Waals surface area contributed by atoms with Crippen LogP contribution in [-0.4, -0.2) is 30.6 Å². The highest BCUT2D eigenvalue weighted by Gasteiger charge is 2.19. The molecule has 1 unspecified atom stereocenters. The minimum absolute atomic E-state index is 0.650. The van der Waals surface area contributed by atoms with Crippen molar-refractivity contribution in [3.63, 3.8) is 0 Å². The third-order valence-electron chi connectivity index (χ3n) is 3.30. The first-order valence-corrected chi connectivity index (χ1v) is 6.16. The first kappa shape index (κ1) is 11.9. The lowest BCUT2D eigenvalue weighted by molar-refractivity contribution is 0.204. The van der Waals surface area contributed by atoms with Crippen molar-refractivity contribution < 1.29 is 4.74 Å². The van der Waals surface area contributed by atoms with Gasteiger partial charge in [0.15, 0.2) is 0 Å². The number of hydrogen-bond donors (Lipinski definition) is 0. The fraction of sp³-hybridized carbons (Fsp3) is 0.500. The van der Waals surface area contributed by atoms with Crippen molar-refractivity contribution in [2.24, 2.45) is 0 Å². The number of nitriles is 1. The second-order valence-corrected chi connectivity index (χ2v) is 4.52. The highest BCUT2D eigenvalue weighted by atomic mass is 16.5. The molecule has 1 fully saturated rings. The van der Waals surface area contributed by atoms with Crippen molar-refractivity contribution in [3.05, 3.63) is 29.8 Å². The predicted octanol–water partition coefficient (Wildman–Crippen LogP) is 2.42. The van der Waals surface area contributed by atoms with Crippen molar-refractivity contribution in [1.29, 1.82) is 5.26 Å². The molecular formula is C14H18N2O. The smallest absolute Gasteiger partial charge is 0.120 e. The Morgan fingerprint density at radius 3 is 3.12 bits per heavy atom. The molecule has 3 heteroatoms. The van der Waals surface area contributed by atoms with E-state index >= 15 is 0 Å². The van der Waals surface area contributed by atoms with E-state index < -0.39 is 0 Å². The summed E-state index contributed by atoms with van der Waals surface area (Å²) < 4.78 is 5.67. The molecule has 1 aromatic rings. The SMILES string of the molecule is CC1CCCN1CCOc1cccc(C#N)c1. The fourth-order valence-corrected chi connectivity index (χ4v) is 2.26. The van der Waals surface area contributed by atoms with Gasteiger partial charge < -0.3 is 4.74 Å². The zero-order chi connectivity index (χ0) is 12.1. The van der Waals surface area contributed by atoms with Gasteiger partial charge in [-0.15, -0.1) is 0 Å². The van der Waals surface area contributed by atoms with Gasteiger partial charge in [0, 0.05) is 12.6 Å². The highest BCUT2D eigenvalue weighted by molar-refractivity contribution is 5.36. The quantitative estimate of drug-likeness (QED) is 0.797. The molecule has 0 N–H and O–H groups in total. The van der Waals surface area contributed by atoms with Crippen LogP contribution in [0.25, 0.3) is 0 Å². The topological polar surface area (TPSA) is 36.3 Å². The first-order chi connectivity index (χ1) is 8.29. The van der Waals surface area contributed by atoms with Crippen molar-refractivity contribution in [3.8, 4) is 11.8 Å². The Labute approximate surface area is 103 Å². The Morgan fingerprint density at radius 2 is 2.41 bits per heavy atom. The van der Waals surface area contributed by atoms with Crippen LogP contribution >= 0.6 is 0 Å². The zero-order valence-electron chi connectivity index (χ0n) is 10.2. The van der Waals surface area contributed by atoms with Gasteiger partial charge in [-0.25, -0.2) is 0 Å².